The number of carboxylic acids is 1. The van der Waals surface area contributed by atoms with Gasteiger partial charge < -0.3 is 9.84 Å². The number of thiazole rings is 1. The van der Waals surface area contributed by atoms with Gasteiger partial charge in [-0.25, -0.2) is 9.78 Å². The van der Waals surface area contributed by atoms with Crippen molar-refractivity contribution in [3.63, 3.8) is 0 Å². The average Bonchev–Trinajstić information content (AvgIpc) is 2.84. The Morgan fingerprint density at radius 1 is 1.45 bits per heavy atom. The van der Waals surface area contributed by atoms with E-state index in [1.54, 1.807) is 7.11 Å². The third kappa shape index (κ3) is 2.86. The quantitative estimate of drug-likeness (QED) is 0.882. The first-order valence-electron chi connectivity index (χ1n) is 6.02. The van der Waals surface area contributed by atoms with E-state index in [1.807, 2.05) is 32.0 Å². The number of carbonyl (C=O) groups is 1. The van der Waals surface area contributed by atoms with E-state index in [2.05, 4.69) is 20.9 Å². The van der Waals surface area contributed by atoms with Crippen molar-refractivity contribution in [1.29, 1.82) is 0 Å². The molecule has 1 N–H and O–H groups in total. The van der Waals surface area contributed by atoms with Crippen LogP contribution in [0.2, 0.25) is 0 Å². The number of ether oxygens (including phenoxy) is 1. The summed E-state index contributed by atoms with van der Waals surface area (Å²) in [5.41, 5.74) is 1.50. The van der Waals surface area contributed by atoms with Crippen molar-refractivity contribution in [1.82, 2.24) is 4.98 Å². The van der Waals surface area contributed by atoms with E-state index in [9.17, 15) is 9.90 Å². The zero-order valence-corrected chi connectivity index (χ0v) is 13.7. The van der Waals surface area contributed by atoms with Crippen molar-refractivity contribution in [2.75, 3.05) is 7.11 Å². The Labute approximate surface area is 129 Å². The normalized spacial score (nSPS) is 10.8. The SMILES string of the molecule is COc1ccc(-c2nc(C(C)C)c(C(=O)O)s2)cc1Br. The molecule has 1 aromatic carbocycles. The number of benzene rings is 1. The fraction of sp³-hybridized carbons (Fsp3) is 0.286. The van der Waals surface area contributed by atoms with Gasteiger partial charge in [0.1, 0.15) is 15.6 Å². The Balaban J connectivity index is 2.50. The topological polar surface area (TPSA) is 59.4 Å². The minimum absolute atomic E-state index is 0.0767. The Kier molecular flexibility index (Phi) is 4.45. The van der Waals surface area contributed by atoms with Crippen LogP contribution in [0, 0.1) is 0 Å². The molecule has 0 atom stereocenters. The molecule has 20 heavy (non-hydrogen) atoms. The summed E-state index contributed by atoms with van der Waals surface area (Å²) in [6.45, 7) is 3.88. The summed E-state index contributed by atoms with van der Waals surface area (Å²) in [7, 11) is 1.60. The predicted octanol–water partition coefficient (Wildman–Crippen LogP) is 4.40. The van der Waals surface area contributed by atoms with E-state index in [0.717, 1.165) is 15.8 Å². The first-order valence-corrected chi connectivity index (χ1v) is 7.63. The maximum absolute atomic E-state index is 11.3. The lowest BCUT2D eigenvalue weighted by Crippen LogP contribution is -2.00. The minimum Gasteiger partial charge on any atom is -0.496 e. The minimum atomic E-state index is -0.926. The van der Waals surface area contributed by atoms with Gasteiger partial charge in [0.25, 0.3) is 0 Å². The molecule has 0 saturated heterocycles. The molecule has 0 spiro atoms. The molecule has 1 aromatic heterocycles. The van der Waals surface area contributed by atoms with Gasteiger partial charge in [-0.05, 0) is 40.0 Å². The van der Waals surface area contributed by atoms with Crippen LogP contribution >= 0.6 is 27.3 Å². The second kappa shape index (κ2) is 5.93. The van der Waals surface area contributed by atoms with E-state index in [-0.39, 0.29) is 5.92 Å². The van der Waals surface area contributed by atoms with Crippen LogP contribution in [-0.4, -0.2) is 23.2 Å². The van der Waals surface area contributed by atoms with Crippen LogP contribution in [0.25, 0.3) is 10.6 Å². The zero-order valence-electron chi connectivity index (χ0n) is 11.3. The number of aromatic nitrogens is 1. The van der Waals surface area contributed by atoms with Crippen LogP contribution in [0.15, 0.2) is 22.7 Å². The van der Waals surface area contributed by atoms with Gasteiger partial charge in [0.05, 0.1) is 17.3 Å². The van der Waals surface area contributed by atoms with Gasteiger partial charge in [-0.2, -0.15) is 0 Å². The van der Waals surface area contributed by atoms with Gasteiger partial charge in [0.15, 0.2) is 0 Å². The van der Waals surface area contributed by atoms with Crippen LogP contribution in [-0.2, 0) is 0 Å². The Morgan fingerprint density at radius 2 is 2.15 bits per heavy atom. The van der Waals surface area contributed by atoms with E-state index < -0.39 is 5.97 Å². The van der Waals surface area contributed by atoms with E-state index in [1.165, 1.54) is 11.3 Å². The monoisotopic (exact) mass is 355 g/mol. The number of carboxylic acid groups (broad SMARTS) is 1. The molecule has 106 valence electrons. The first-order chi connectivity index (χ1) is 9.43. The van der Waals surface area contributed by atoms with Gasteiger partial charge >= 0.3 is 5.97 Å². The van der Waals surface area contributed by atoms with Crippen molar-refractivity contribution in [2.45, 2.75) is 19.8 Å². The number of nitrogens with zero attached hydrogens (tertiary/aromatic N) is 1. The Bertz CT molecular complexity index is 652. The van der Waals surface area contributed by atoms with E-state index in [4.69, 9.17) is 4.74 Å². The average molecular weight is 356 g/mol. The second-order valence-electron chi connectivity index (χ2n) is 4.54. The number of methoxy groups -OCH3 is 1. The van der Waals surface area contributed by atoms with Crippen molar-refractivity contribution >= 4 is 33.2 Å². The van der Waals surface area contributed by atoms with Crippen molar-refractivity contribution in [3.8, 4) is 16.3 Å². The number of rotatable bonds is 4. The molecule has 0 unspecified atom stereocenters. The highest BCUT2D eigenvalue weighted by molar-refractivity contribution is 9.10. The molecule has 0 aliphatic heterocycles. The molecule has 0 bridgehead atoms. The number of aromatic carboxylic acids is 1. The van der Waals surface area contributed by atoms with E-state index >= 15 is 0 Å². The maximum Gasteiger partial charge on any atom is 0.347 e. The van der Waals surface area contributed by atoms with Crippen LogP contribution < -0.4 is 4.74 Å². The Morgan fingerprint density at radius 3 is 2.60 bits per heavy atom. The van der Waals surface area contributed by atoms with Crippen LogP contribution in [0.5, 0.6) is 5.75 Å². The molecule has 0 fully saturated rings. The summed E-state index contributed by atoms with van der Waals surface area (Å²) >= 11 is 4.62. The molecule has 0 aliphatic rings. The number of halogens is 1. The molecule has 2 aromatic rings. The van der Waals surface area contributed by atoms with Crippen LogP contribution in [0.3, 0.4) is 0 Å². The van der Waals surface area contributed by atoms with Crippen LogP contribution in [0.4, 0.5) is 0 Å². The highest BCUT2D eigenvalue weighted by Crippen LogP contribution is 2.35. The van der Waals surface area contributed by atoms with Gasteiger partial charge in [-0.15, -0.1) is 11.3 Å². The molecule has 0 radical (unpaired) electrons. The smallest absolute Gasteiger partial charge is 0.347 e. The lowest BCUT2D eigenvalue weighted by molar-refractivity contribution is 0.0700. The van der Waals surface area contributed by atoms with E-state index in [0.29, 0.717) is 15.6 Å². The lowest BCUT2D eigenvalue weighted by Gasteiger charge is -2.04. The van der Waals surface area contributed by atoms with Crippen molar-refractivity contribution in [2.24, 2.45) is 0 Å². The van der Waals surface area contributed by atoms with Gasteiger partial charge in [-0.3, -0.25) is 0 Å². The third-order valence-electron chi connectivity index (χ3n) is 2.79. The highest BCUT2D eigenvalue weighted by Gasteiger charge is 2.20. The number of hydrogen-bond acceptors (Lipinski definition) is 4. The Hall–Kier alpha value is -1.40. The predicted molar refractivity (Wildman–Crippen MR) is 82.9 cm³/mol. The molecule has 1 heterocycles. The van der Waals surface area contributed by atoms with Gasteiger partial charge in [0.2, 0.25) is 0 Å². The first kappa shape index (κ1) is 15.0. The van der Waals surface area contributed by atoms with Gasteiger partial charge in [-0.1, -0.05) is 13.8 Å². The summed E-state index contributed by atoms with van der Waals surface area (Å²) < 4.78 is 6.00. The zero-order chi connectivity index (χ0) is 14.9. The molecule has 4 nitrogen and oxygen atoms in total. The fourth-order valence-electron chi connectivity index (χ4n) is 1.80. The summed E-state index contributed by atoms with van der Waals surface area (Å²) in [4.78, 5) is 16.1. The molecular formula is C14H14BrNO3S. The highest BCUT2D eigenvalue weighted by atomic mass is 79.9. The van der Waals surface area contributed by atoms with Crippen molar-refractivity contribution in [3.05, 3.63) is 33.2 Å². The molecule has 6 heteroatoms. The molecular weight excluding hydrogens is 342 g/mol. The standard InChI is InChI=1S/C14H14BrNO3S/c1-7(2)11-12(14(17)18)20-13(16-11)8-4-5-10(19-3)9(15)6-8/h4-7H,1-3H3,(H,17,18). The summed E-state index contributed by atoms with van der Waals surface area (Å²) in [6.07, 6.45) is 0. The summed E-state index contributed by atoms with van der Waals surface area (Å²) in [5, 5.41) is 9.96. The molecule has 0 saturated carbocycles. The maximum atomic E-state index is 11.3. The summed E-state index contributed by atoms with van der Waals surface area (Å²) in [5.74, 6) is -0.120. The number of hydrogen-bond donors (Lipinski definition) is 1. The van der Waals surface area contributed by atoms with Gasteiger partial charge in [0, 0.05) is 5.56 Å². The summed E-state index contributed by atoms with van der Waals surface area (Å²) in [6, 6.07) is 5.59. The fourth-order valence-corrected chi connectivity index (χ4v) is 3.40. The second-order valence-corrected chi connectivity index (χ2v) is 6.40. The van der Waals surface area contributed by atoms with Crippen molar-refractivity contribution < 1.29 is 14.6 Å². The largest absolute Gasteiger partial charge is 0.496 e. The molecule has 2 rings (SSSR count). The molecule has 0 amide bonds. The molecule has 0 aliphatic carbocycles. The van der Waals surface area contributed by atoms with Crippen LogP contribution in [0.1, 0.15) is 35.1 Å². The third-order valence-corrected chi connectivity index (χ3v) is 4.52. The lowest BCUT2D eigenvalue weighted by atomic mass is 10.1.